The third kappa shape index (κ3) is 1.70. The molecule has 0 saturated heterocycles. The molecule has 1 aliphatic rings. The van der Waals surface area contributed by atoms with E-state index in [1.807, 2.05) is 31.0 Å². The van der Waals surface area contributed by atoms with Gasteiger partial charge < -0.3 is 16.0 Å². The number of anilines is 2. The first-order valence-electron chi connectivity index (χ1n) is 5.08. The largest absolute Gasteiger partial charge is 0.360 e. The Morgan fingerprint density at radius 3 is 2.88 bits per heavy atom. The number of hydrogen-bond acceptors (Lipinski definition) is 3. The van der Waals surface area contributed by atoms with Gasteiger partial charge >= 0.3 is 0 Å². The number of amides is 1. The van der Waals surface area contributed by atoms with Crippen LogP contribution in [-0.2, 0) is 4.79 Å². The van der Waals surface area contributed by atoms with Crippen LogP contribution in [0.5, 0.6) is 0 Å². The summed E-state index contributed by atoms with van der Waals surface area (Å²) >= 11 is 3.46. The number of benzene rings is 1. The fourth-order valence-electron chi connectivity index (χ4n) is 1.98. The quantitative estimate of drug-likeness (QED) is 0.821. The summed E-state index contributed by atoms with van der Waals surface area (Å²) in [6.45, 7) is 2.29. The van der Waals surface area contributed by atoms with E-state index < -0.39 is 0 Å². The summed E-state index contributed by atoms with van der Waals surface area (Å²) in [5.74, 6) is -0.0390. The number of nitrogens with two attached hydrogens (primary N) is 1. The topological polar surface area (TPSA) is 58.4 Å². The minimum Gasteiger partial charge on any atom is -0.360 e. The summed E-state index contributed by atoms with van der Waals surface area (Å²) in [6, 6.07) is 3.68. The number of nitrogens with zero attached hydrogens (tertiary/aromatic N) is 1. The molecule has 1 aromatic carbocycles. The second-order valence-electron chi connectivity index (χ2n) is 3.97. The van der Waals surface area contributed by atoms with Crippen LogP contribution in [0.15, 0.2) is 16.6 Å². The normalized spacial score (nSPS) is 19.4. The molecule has 1 atom stereocenters. The first-order chi connectivity index (χ1) is 7.54. The summed E-state index contributed by atoms with van der Waals surface area (Å²) in [4.78, 5) is 13.7. The van der Waals surface area contributed by atoms with Crippen molar-refractivity contribution in [2.75, 3.05) is 23.8 Å². The van der Waals surface area contributed by atoms with Crippen molar-refractivity contribution < 1.29 is 4.79 Å². The molecule has 0 radical (unpaired) electrons. The van der Waals surface area contributed by atoms with Gasteiger partial charge in [0.2, 0.25) is 5.91 Å². The van der Waals surface area contributed by atoms with E-state index in [1.165, 1.54) is 0 Å². The van der Waals surface area contributed by atoms with E-state index in [4.69, 9.17) is 5.73 Å². The molecule has 0 aliphatic carbocycles. The molecule has 0 bridgehead atoms. The molecular weight excluding hydrogens is 270 g/mol. The van der Waals surface area contributed by atoms with Crippen LogP contribution in [-0.4, -0.2) is 25.5 Å². The Morgan fingerprint density at radius 2 is 2.25 bits per heavy atom. The van der Waals surface area contributed by atoms with E-state index in [-0.39, 0.29) is 11.9 Å². The monoisotopic (exact) mass is 283 g/mol. The summed E-state index contributed by atoms with van der Waals surface area (Å²) in [6.07, 6.45) is 0. The van der Waals surface area contributed by atoms with Crippen molar-refractivity contribution in [1.82, 2.24) is 0 Å². The van der Waals surface area contributed by atoms with Crippen molar-refractivity contribution in [3.63, 3.8) is 0 Å². The number of halogens is 1. The lowest BCUT2D eigenvalue weighted by Gasteiger charge is -2.35. The lowest BCUT2D eigenvalue weighted by molar-refractivity contribution is -0.117. The molecule has 5 heteroatoms. The Kier molecular flexibility index (Phi) is 2.90. The minimum absolute atomic E-state index is 0.0390. The second kappa shape index (κ2) is 4.07. The van der Waals surface area contributed by atoms with Crippen molar-refractivity contribution in [3.05, 3.63) is 22.2 Å². The number of aryl methyl sites for hydroxylation is 1. The molecule has 16 heavy (non-hydrogen) atoms. The number of rotatable bonds is 1. The fourth-order valence-corrected chi connectivity index (χ4v) is 2.54. The van der Waals surface area contributed by atoms with Crippen molar-refractivity contribution >= 4 is 33.2 Å². The molecule has 0 saturated carbocycles. The maximum Gasteiger partial charge on any atom is 0.248 e. The van der Waals surface area contributed by atoms with E-state index in [1.54, 1.807) is 0 Å². The summed E-state index contributed by atoms with van der Waals surface area (Å²) in [7, 11) is 1.89. The molecule has 1 unspecified atom stereocenters. The van der Waals surface area contributed by atoms with Crippen LogP contribution in [0.2, 0.25) is 0 Å². The highest BCUT2D eigenvalue weighted by molar-refractivity contribution is 9.10. The van der Waals surface area contributed by atoms with Gasteiger partial charge in [0.15, 0.2) is 0 Å². The number of nitrogens with one attached hydrogen (secondary N) is 1. The maximum absolute atomic E-state index is 11.8. The zero-order chi connectivity index (χ0) is 11.9. The Morgan fingerprint density at radius 1 is 1.56 bits per heavy atom. The van der Waals surface area contributed by atoms with E-state index in [0.717, 1.165) is 21.4 Å². The molecular formula is C11H14BrN3O. The van der Waals surface area contributed by atoms with Gasteiger partial charge in [-0.15, -0.1) is 0 Å². The molecule has 0 aromatic heterocycles. The third-order valence-electron chi connectivity index (χ3n) is 2.90. The smallest absolute Gasteiger partial charge is 0.248 e. The summed E-state index contributed by atoms with van der Waals surface area (Å²) in [5, 5.41) is 2.91. The molecule has 1 amide bonds. The van der Waals surface area contributed by atoms with Gasteiger partial charge in [-0.3, -0.25) is 4.79 Å². The number of hydrogen-bond donors (Lipinski definition) is 2. The lowest BCUT2D eigenvalue weighted by atomic mass is 10.1. The second-order valence-corrected chi connectivity index (χ2v) is 4.88. The summed E-state index contributed by atoms with van der Waals surface area (Å²) < 4.78 is 1.00. The Bertz CT molecular complexity index is 447. The molecule has 2 rings (SSSR count). The predicted molar refractivity (Wildman–Crippen MR) is 68.8 cm³/mol. The number of carbonyl (C=O) groups excluding carboxylic acids is 1. The van der Waals surface area contributed by atoms with Gasteiger partial charge in [0.05, 0.1) is 11.4 Å². The molecule has 1 aromatic rings. The fraction of sp³-hybridized carbons (Fsp3) is 0.364. The van der Waals surface area contributed by atoms with Crippen LogP contribution in [0, 0.1) is 6.92 Å². The molecule has 3 N–H and O–H groups in total. The maximum atomic E-state index is 11.8. The molecule has 0 fully saturated rings. The lowest BCUT2D eigenvalue weighted by Crippen LogP contribution is -2.50. The predicted octanol–water partition coefficient (Wildman–Crippen LogP) is 1.47. The third-order valence-corrected chi connectivity index (χ3v) is 3.36. The van der Waals surface area contributed by atoms with Crippen LogP contribution >= 0.6 is 15.9 Å². The van der Waals surface area contributed by atoms with E-state index in [0.29, 0.717) is 6.54 Å². The number of fused-ring (bicyclic) bond motifs is 1. The van der Waals surface area contributed by atoms with Gasteiger partial charge in [0, 0.05) is 18.1 Å². The Balaban J connectivity index is 2.55. The highest BCUT2D eigenvalue weighted by atomic mass is 79.9. The van der Waals surface area contributed by atoms with Gasteiger partial charge in [-0.05, 0) is 24.6 Å². The number of likely N-dealkylation sites (N-methyl/N-ethyl adjacent to an activating group) is 1. The molecule has 4 nitrogen and oxygen atoms in total. The molecule has 1 aliphatic heterocycles. The summed E-state index contributed by atoms with van der Waals surface area (Å²) in [5.41, 5.74) is 8.52. The van der Waals surface area contributed by atoms with E-state index >= 15 is 0 Å². The van der Waals surface area contributed by atoms with Gasteiger partial charge in [-0.25, -0.2) is 0 Å². The minimum atomic E-state index is -0.291. The SMILES string of the molecule is Cc1cc(Br)cc2c1NC(=O)C(CN)N2C. The van der Waals surface area contributed by atoms with Crippen molar-refractivity contribution in [3.8, 4) is 0 Å². The van der Waals surface area contributed by atoms with Crippen LogP contribution in [0.25, 0.3) is 0 Å². The molecule has 86 valence electrons. The van der Waals surface area contributed by atoms with E-state index in [9.17, 15) is 4.79 Å². The van der Waals surface area contributed by atoms with Crippen LogP contribution < -0.4 is 16.0 Å². The standard InChI is InChI=1S/C11H14BrN3O/c1-6-3-7(12)4-8-10(6)14-11(16)9(5-13)15(8)2/h3-4,9H,5,13H2,1-2H3,(H,14,16). The Labute approximate surface area is 103 Å². The zero-order valence-corrected chi connectivity index (χ0v) is 10.8. The van der Waals surface area contributed by atoms with Crippen LogP contribution in [0.1, 0.15) is 5.56 Å². The molecule has 0 spiro atoms. The first kappa shape index (κ1) is 11.4. The highest BCUT2D eigenvalue weighted by Crippen LogP contribution is 2.36. The molecule has 1 heterocycles. The first-order valence-corrected chi connectivity index (χ1v) is 5.87. The van der Waals surface area contributed by atoms with Gasteiger partial charge in [0.1, 0.15) is 6.04 Å². The van der Waals surface area contributed by atoms with Gasteiger partial charge in [-0.2, -0.15) is 0 Å². The van der Waals surface area contributed by atoms with Gasteiger partial charge in [0.25, 0.3) is 0 Å². The number of carbonyl (C=O) groups is 1. The Hall–Kier alpha value is -1.07. The average molecular weight is 284 g/mol. The zero-order valence-electron chi connectivity index (χ0n) is 9.25. The van der Waals surface area contributed by atoms with Crippen molar-refractivity contribution in [1.29, 1.82) is 0 Å². The highest BCUT2D eigenvalue weighted by Gasteiger charge is 2.30. The van der Waals surface area contributed by atoms with Gasteiger partial charge in [-0.1, -0.05) is 15.9 Å². The van der Waals surface area contributed by atoms with Crippen LogP contribution in [0.4, 0.5) is 11.4 Å². The van der Waals surface area contributed by atoms with E-state index in [2.05, 4.69) is 21.2 Å². The average Bonchev–Trinajstić information content (AvgIpc) is 2.21. The van der Waals surface area contributed by atoms with Crippen molar-refractivity contribution in [2.24, 2.45) is 5.73 Å². The van der Waals surface area contributed by atoms with Crippen molar-refractivity contribution in [2.45, 2.75) is 13.0 Å². The van der Waals surface area contributed by atoms with Crippen LogP contribution in [0.3, 0.4) is 0 Å².